The van der Waals surface area contributed by atoms with Gasteiger partial charge in [-0.25, -0.2) is 0 Å². The Morgan fingerprint density at radius 1 is 0.698 bits per heavy atom. The quantitative estimate of drug-likeness (QED) is 0.126. The largest absolute Gasteiger partial charge is 0.507 e. The predicted octanol–water partition coefficient (Wildman–Crippen LogP) is -2.73. The predicted molar refractivity (Wildman–Crippen MR) is 140 cm³/mol. The van der Waals surface area contributed by atoms with Gasteiger partial charge in [0.05, 0.1) is 18.8 Å². The van der Waals surface area contributed by atoms with Crippen molar-refractivity contribution in [3.63, 3.8) is 0 Å². The monoisotopic (exact) mass is 610 g/mol. The van der Waals surface area contributed by atoms with E-state index in [2.05, 4.69) is 0 Å². The number of benzene rings is 2. The number of rotatable bonds is 6. The van der Waals surface area contributed by atoms with Crippen LogP contribution in [0.2, 0.25) is 0 Å². The van der Waals surface area contributed by atoms with Gasteiger partial charge in [-0.2, -0.15) is 0 Å². The van der Waals surface area contributed by atoms with E-state index in [4.69, 9.17) is 18.6 Å². The molecular formula is C27H30O16. The second-order valence-electron chi connectivity index (χ2n) is 10.3. The molecule has 2 aliphatic rings. The van der Waals surface area contributed by atoms with Gasteiger partial charge in [0.1, 0.15) is 77.6 Å². The van der Waals surface area contributed by atoms with Crippen molar-refractivity contribution >= 4 is 11.0 Å². The van der Waals surface area contributed by atoms with Crippen molar-refractivity contribution in [1.29, 1.82) is 0 Å². The lowest BCUT2D eigenvalue weighted by atomic mass is 9.89. The molecule has 0 saturated carbocycles. The second kappa shape index (κ2) is 11.9. The van der Waals surface area contributed by atoms with E-state index in [-0.39, 0.29) is 16.9 Å². The van der Waals surface area contributed by atoms with Crippen LogP contribution in [0.15, 0.2) is 39.5 Å². The highest BCUT2D eigenvalue weighted by Crippen LogP contribution is 2.45. The van der Waals surface area contributed by atoms with Crippen molar-refractivity contribution in [2.24, 2.45) is 0 Å². The standard InChI is InChI=1S/C27H30O16/c28-6-15-19(34)21(36)23(38)26(41-15)18-14(42-27-24(39)22(37)20(35)16(7-29)43-27)5-12(33)17-11(32)4-13(40-25(17)18)8-1-2-9(30)10(31)3-8/h1-5,15-16,19-24,26-31,33-39H,6-7H2/t15?,16?,19-,20-,21+,22+,23?,24?,26+,27-/m1/s1. The first-order valence-corrected chi connectivity index (χ1v) is 13.0. The Labute approximate surface area is 241 Å². The zero-order valence-corrected chi connectivity index (χ0v) is 22.0. The van der Waals surface area contributed by atoms with Crippen LogP contribution in [0.5, 0.6) is 23.0 Å². The Balaban J connectivity index is 1.74. The van der Waals surface area contributed by atoms with Gasteiger partial charge in [0.15, 0.2) is 22.5 Å². The number of aromatic hydroxyl groups is 3. The molecule has 2 saturated heterocycles. The minimum atomic E-state index is -1.96. The average molecular weight is 611 g/mol. The van der Waals surface area contributed by atoms with Gasteiger partial charge in [0, 0.05) is 17.7 Å². The van der Waals surface area contributed by atoms with E-state index in [0.717, 1.165) is 24.3 Å². The average Bonchev–Trinajstić information content (AvgIpc) is 2.98. The highest BCUT2D eigenvalue weighted by atomic mass is 16.7. The zero-order valence-electron chi connectivity index (χ0n) is 22.0. The van der Waals surface area contributed by atoms with Gasteiger partial charge in [-0.1, -0.05) is 0 Å². The van der Waals surface area contributed by atoms with Gasteiger partial charge >= 0.3 is 0 Å². The number of hydrogen-bond acceptors (Lipinski definition) is 16. The van der Waals surface area contributed by atoms with Crippen LogP contribution in [0, 0.1) is 0 Å². The molecule has 3 aromatic rings. The van der Waals surface area contributed by atoms with Crippen LogP contribution in [-0.4, -0.2) is 125 Å². The molecule has 4 unspecified atom stereocenters. The van der Waals surface area contributed by atoms with Crippen molar-refractivity contribution < 1.29 is 74.8 Å². The fourth-order valence-corrected chi connectivity index (χ4v) is 5.13. The molecule has 16 heteroatoms. The third-order valence-corrected chi connectivity index (χ3v) is 7.51. The minimum absolute atomic E-state index is 0.0776. The lowest BCUT2D eigenvalue weighted by molar-refractivity contribution is -0.278. The van der Waals surface area contributed by atoms with E-state index >= 15 is 0 Å². The number of ether oxygens (including phenoxy) is 3. The fourth-order valence-electron chi connectivity index (χ4n) is 5.13. The maximum absolute atomic E-state index is 13.3. The molecule has 16 nitrogen and oxygen atoms in total. The van der Waals surface area contributed by atoms with Gasteiger partial charge < -0.3 is 74.8 Å². The molecule has 3 heterocycles. The summed E-state index contributed by atoms with van der Waals surface area (Å²) in [4.78, 5) is 13.3. The summed E-state index contributed by atoms with van der Waals surface area (Å²) < 4.78 is 22.8. The first-order valence-electron chi connectivity index (χ1n) is 13.0. The van der Waals surface area contributed by atoms with Crippen LogP contribution in [0.4, 0.5) is 0 Å². The zero-order chi connectivity index (χ0) is 31.3. The van der Waals surface area contributed by atoms with E-state index in [1.165, 1.54) is 6.07 Å². The van der Waals surface area contributed by atoms with Crippen LogP contribution in [0.3, 0.4) is 0 Å². The smallest absolute Gasteiger partial charge is 0.229 e. The molecule has 10 atom stereocenters. The molecule has 0 radical (unpaired) electrons. The van der Waals surface area contributed by atoms with Crippen molar-refractivity contribution in [1.82, 2.24) is 0 Å². The van der Waals surface area contributed by atoms with Crippen LogP contribution in [-0.2, 0) is 9.47 Å². The number of aliphatic hydroxyl groups excluding tert-OH is 8. The van der Waals surface area contributed by atoms with Crippen molar-refractivity contribution in [3.05, 3.63) is 46.1 Å². The van der Waals surface area contributed by atoms with Gasteiger partial charge in [-0.15, -0.1) is 0 Å². The summed E-state index contributed by atoms with van der Waals surface area (Å²) in [5, 5.41) is 112. The van der Waals surface area contributed by atoms with Gasteiger partial charge in [-0.3, -0.25) is 4.79 Å². The van der Waals surface area contributed by atoms with Crippen LogP contribution in [0.1, 0.15) is 11.7 Å². The Kier molecular flexibility index (Phi) is 8.52. The molecular weight excluding hydrogens is 580 g/mol. The Bertz CT molecular complexity index is 1540. The van der Waals surface area contributed by atoms with Crippen LogP contribution in [0.25, 0.3) is 22.3 Å². The summed E-state index contributed by atoms with van der Waals surface area (Å²) in [7, 11) is 0. The van der Waals surface area contributed by atoms with Gasteiger partial charge in [0.2, 0.25) is 6.29 Å². The normalized spacial score (nSPS) is 33.0. The van der Waals surface area contributed by atoms with Crippen LogP contribution >= 0.6 is 0 Å². The number of phenols is 3. The molecule has 2 fully saturated rings. The van der Waals surface area contributed by atoms with E-state index in [1.54, 1.807) is 0 Å². The third kappa shape index (κ3) is 5.38. The summed E-state index contributed by atoms with van der Waals surface area (Å²) in [5.74, 6) is -2.49. The topological polar surface area (TPSA) is 280 Å². The first kappa shape index (κ1) is 30.9. The summed E-state index contributed by atoms with van der Waals surface area (Å²) in [6.07, 6.45) is -17.6. The fraction of sp³-hybridized carbons (Fsp3) is 0.444. The molecule has 43 heavy (non-hydrogen) atoms. The maximum Gasteiger partial charge on any atom is 0.229 e. The van der Waals surface area contributed by atoms with Crippen LogP contribution < -0.4 is 10.2 Å². The summed E-state index contributed by atoms with van der Waals surface area (Å²) >= 11 is 0. The molecule has 11 N–H and O–H groups in total. The molecule has 0 aliphatic carbocycles. The molecule has 2 aromatic carbocycles. The van der Waals surface area contributed by atoms with Crippen molar-refractivity contribution in [3.8, 4) is 34.3 Å². The van der Waals surface area contributed by atoms with E-state index in [9.17, 15) is 61.0 Å². The van der Waals surface area contributed by atoms with Gasteiger partial charge in [-0.05, 0) is 18.2 Å². The highest BCUT2D eigenvalue weighted by molar-refractivity contribution is 5.90. The summed E-state index contributed by atoms with van der Waals surface area (Å²) in [6, 6.07) is 5.30. The Morgan fingerprint density at radius 2 is 1.33 bits per heavy atom. The molecule has 0 spiro atoms. The van der Waals surface area contributed by atoms with Crippen molar-refractivity contribution in [2.75, 3.05) is 13.2 Å². The maximum atomic E-state index is 13.3. The third-order valence-electron chi connectivity index (χ3n) is 7.51. The van der Waals surface area contributed by atoms with E-state index in [0.29, 0.717) is 0 Å². The molecule has 5 rings (SSSR count). The Hall–Kier alpha value is -3.55. The highest BCUT2D eigenvalue weighted by Gasteiger charge is 2.48. The SMILES string of the molecule is O=c1cc(-c2ccc(O)c(O)c2)oc2c([C@@H]3OC(CO)[C@@H](O)[C@H](O)C3O)c(O[C@@H]3OC(CO)[C@@H](O)[C@H](O)C3O)cc(O)c12. The number of fused-ring (bicyclic) bond motifs is 1. The summed E-state index contributed by atoms with van der Waals surface area (Å²) in [6.45, 7) is -1.63. The minimum Gasteiger partial charge on any atom is -0.507 e. The van der Waals surface area contributed by atoms with Gasteiger partial charge in [0.25, 0.3) is 0 Å². The molecule has 0 bridgehead atoms. The Morgan fingerprint density at radius 3 is 1.95 bits per heavy atom. The van der Waals surface area contributed by atoms with E-state index < -0.39 is 114 Å². The molecule has 2 aliphatic heterocycles. The number of aliphatic hydroxyl groups is 8. The second-order valence-corrected chi connectivity index (χ2v) is 10.3. The van der Waals surface area contributed by atoms with E-state index in [1.807, 2.05) is 0 Å². The lowest BCUT2D eigenvalue weighted by Crippen LogP contribution is -2.60. The first-order chi connectivity index (χ1) is 20.4. The number of phenolic OH excluding ortho intramolecular Hbond substituents is 3. The lowest BCUT2D eigenvalue weighted by Gasteiger charge is -2.42. The molecule has 0 amide bonds. The molecule has 234 valence electrons. The van der Waals surface area contributed by atoms with Crippen molar-refractivity contribution in [2.45, 2.75) is 61.2 Å². The molecule has 1 aromatic heterocycles. The summed E-state index contributed by atoms with van der Waals surface area (Å²) in [5.41, 5.74) is -1.65. The number of hydrogen-bond donors (Lipinski definition) is 11.